The highest BCUT2D eigenvalue weighted by Crippen LogP contribution is 2.39. The summed E-state index contributed by atoms with van der Waals surface area (Å²) in [4.78, 5) is 41.3. The molecule has 0 saturated carbocycles. The summed E-state index contributed by atoms with van der Waals surface area (Å²) in [6.07, 6.45) is -1.12. The fourth-order valence-corrected chi connectivity index (χ4v) is 5.19. The fraction of sp³-hybridized carbons (Fsp3) is 0.310. The maximum Gasteiger partial charge on any atom is 0.421 e. The molecule has 12 nitrogen and oxygen atoms in total. The molecule has 0 aliphatic heterocycles. The normalized spacial score (nSPS) is 11.9. The van der Waals surface area contributed by atoms with Crippen molar-refractivity contribution in [2.75, 3.05) is 37.3 Å². The Morgan fingerprint density at radius 2 is 1.73 bits per heavy atom. The molecule has 5 N–H and O–H groups in total. The van der Waals surface area contributed by atoms with Crippen LogP contribution in [0.2, 0.25) is 0 Å². The van der Waals surface area contributed by atoms with Gasteiger partial charge in [0.15, 0.2) is 0 Å². The molecule has 45 heavy (non-hydrogen) atoms. The van der Waals surface area contributed by atoms with E-state index >= 15 is 0 Å². The minimum absolute atomic E-state index is 0.0870. The van der Waals surface area contributed by atoms with Crippen LogP contribution in [0.4, 0.5) is 36.3 Å². The van der Waals surface area contributed by atoms with Gasteiger partial charge in [-0.05, 0) is 48.5 Å². The van der Waals surface area contributed by atoms with Crippen molar-refractivity contribution in [3.8, 4) is 11.1 Å². The molecule has 0 unspecified atom stereocenters. The molecule has 0 spiro atoms. The Kier molecular flexibility index (Phi) is 10.6. The van der Waals surface area contributed by atoms with Crippen molar-refractivity contribution >= 4 is 36.6 Å². The number of alkyl halides is 3. The van der Waals surface area contributed by atoms with Crippen LogP contribution >= 0.6 is 7.60 Å². The van der Waals surface area contributed by atoms with Gasteiger partial charge in [-0.1, -0.05) is 32.0 Å². The number of likely N-dealkylation sites (N-methyl/N-ethyl adjacent to an activating group) is 1. The second-order valence-electron chi connectivity index (χ2n) is 10.1. The largest absolute Gasteiger partial charge is 0.421 e. The first kappa shape index (κ1) is 33.6. The molecular formula is C29H34F3N8O4P. The summed E-state index contributed by atoms with van der Waals surface area (Å²) >= 11 is 0. The number of carbonyl (C=O) groups excluding carboxylic acids is 1. The van der Waals surface area contributed by atoms with Crippen molar-refractivity contribution in [3.63, 3.8) is 0 Å². The minimum atomic E-state index is -4.81. The molecule has 2 heterocycles. The van der Waals surface area contributed by atoms with E-state index in [0.29, 0.717) is 29.6 Å². The summed E-state index contributed by atoms with van der Waals surface area (Å²) < 4.78 is 54.9. The summed E-state index contributed by atoms with van der Waals surface area (Å²) in [6, 6.07) is 10.7. The molecule has 0 fully saturated rings. The molecule has 1 amide bonds. The van der Waals surface area contributed by atoms with Crippen molar-refractivity contribution in [3.05, 3.63) is 77.7 Å². The van der Waals surface area contributed by atoms with Crippen molar-refractivity contribution in [1.82, 2.24) is 30.0 Å². The Hall–Kier alpha value is -4.30. The lowest BCUT2D eigenvalue weighted by molar-refractivity contribution is -0.137. The smallest absolute Gasteiger partial charge is 0.355 e. The van der Waals surface area contributed by atoms with Crippen molar-refractivity contribution in [2.24, 2.45) is 0 Å². The number of rotatable bonds is 13. The molecule has 4 rings (SSSR count). The predicted octanol–water partition coefficient (Wildman–Crippen LogP) is 5.23. The molecular weight excluding hydrogens is 612 g/mol. The van der Waals surface area contributed by atoms with Crippen LogP contribution in [0.5, 0.6) is 0 Å². The highest BCUT2D eigenvalue weighted by Gasteiger charge is 2.35. The molecule has 2 aromatic heterocycles. The number of nitrogens with zero attached hydrogens (tertiary/aromatic N) is 5. The maximum absolute atomic E-state index is 14.0. The van der Waals surface area contributed by atoms with Crippen LogP contribution in [0.1, 0.15) is 35.3 Å². The SMILES string of the molecule is CCN(CC)CCn1cc(-c2ccc(Nc3nc(Nc4ccc(CP(=O)(O)O)cc4)ncc3C(F)(F)F)c(C(=O)NC)c2)cn1. The topological polar surface area (TPSA) is 158 Å². The molecule has 4 aromatic rings. The third-order valence-electron chi connectivity index (χ3n) is 6.94. The van der Waals surface area contributed by atoms with E-state index in [1.807, 2.05) is 6.20 Å². The van der Waals surface area contributed by atoms with Crippen LogP contribution in [0, 0.1) is 0 Å². The lowest BCUT2D eigenvalue weighted by Crippen LogP contribution is -2.27. The molecule has 0 aliphatic carbocycles. The Labute approximate surface area is 257 Å². The number of aromatic nitrogens is 4. The van der Waals surface area contributed by atoms with E-state index in [2.05, 4.69) is 49.8 Å². The lowest BCUT2D eigenvalue weighted by Gasteiger charge is -2.17. The number of benzene rings is 2. The maximum atomic E-state index is 14.0. The average Bonchev–Trinajstić information content (AvgIpc) is 3.46. The number of hydrogen-bond acceptors (Lipinski definition) is 8. The molecule has 0 radical (unpaired) electrons. The van der Waals surface area contributed by atoms with Crippen molar-refractivity contribution < 1.29 is 32.3 Å². The molecule has 16 heteroatoms. The number of carbonyl (C=O) groups is 1. The Morgan fingerprint density at radius 1 is 1.02 bits per heavy atom. The molecule has 0 bridgehead atoms. The van der Waals surface area contributed by atoms with Crippen LogP contribution < -0.4 is 16.0 Å². The van der Waals surface area contributed by atoms with Gasteiger partial charge in [0, 0.05) is 37.2 Å². The molecule has 0 saturated heterocycles. The number of halogens is 3. The van der Waals surface area contributed by atoms with Crippen LogP contribution in [-0.4, -0.2) is 67.0 Å². The van der Waals surface area contributed by atoms with Gasteiger partial charge >= 0.3 is 13.8 Å². The molecule has 0 atom stereocenters. The number of hydrogen-bond donors (Lipinski definition) is 5. The predicted molar refractivity (Wildman–Crippen MR) is 165 cm³/mol. The summed E-state index contributed by atoms with van der Waals surface area (Å²) in [7, 11) is -2.85. The van der Waals surface area contributed by atoms with Gasteiger partial charge in [-0.15, -0.1) is 0 Å². The van der Waals surface area contributed by atoms with Crippen molar-refractivity contribution in [2.45, 2.75) is 32.7 Å². The summed E-state index contributed by atoms with van der Waals surface area (Å²) in [5, 5.41) is 12.4. The van der Waals surface area contributed by atoms with E-state index < -0.39 is 37.2 Å². The third kappa shape index (κ3) is 9.11. The molecule has 240 valence electrons. The first-order chi connectivity index (χ1) is 21.3. The summed E-state index contributed by atoms with van der Waals surface area (Å²) in [5.74, 6) is -1.28. The zero-order chi connectivity index (χ0) is 32.8. The fourth-order valence-electron chi connectivity index (χ4n) is 4.51. The van der Waals surface area contributed by atoms with Gasteiger partial charge in [0.1, 0.15) is 11.4 Å². The van der Waals surface area contributed by atoms with Gasteiger partial charge in [0.25, 0.3) is 5.91 Å². The minimum Gasteiger partial charge on any atom is -0.355 e. The number of amides is 1. The quantitative estimate of drug-likeness (QED) is 0.122. The number of anilines is 4. The van der Waals surface area contributed by atoms with Gasteiger partial charge < -0.3 is 30.6 Å². The zero-order valence-electron chi connectivity index (χ0n) is 24.8. The van der Waals surface area contributed by atoms with Crippen LogP contribution in [0.3, 0.4) is 0 Å². The summed E-state index contributed by atoms with van der Waals surface area (Å²) in [6.45, 7) is 7.50. The van der Waals surface area contributed by atoms with E-state index in [9.17, 15) is 22.5 Å². The van der Waals surface area contributed by atoms with E-state index in [1.54, 1.807) is 23.0 Å². The first-order valence-electron chi connectivity index (χ1n) is 14.0. The average molecular weight is 647 g/mol. The van der Waals surface area contributed by atoms with Crippen LogP contribution in [0.25, 0.3) is 11.1 Å². The highest BCUT2D eigenvalue weighted by molar-refractivity contribution is 7.50. The molecule has 2 aromatic carbocycles. The zero-order valence-corrected chi connectivity index (χ0v) is 25.7. The van der Waals surface area contributed by atoms with E-state index in [1.165, 1.54) is 37.4 Å². The second kappa shape index (κ2) is 14.2. The molecule has 0 aliphatic rings. The van der Waals surface area contributed by atoms with Gasteiger partial charge in [-0.2, -0.15) is 23.3 Å². The standard InChI is InChI=1S/C29H34F3N8O4P/c1-4-39(5-2)12-13-40-17-21(15-35-40)20-8-11-25(23(14-20)27(41)33-3)37-26-24(29(30,31)32)16-34-28(38-26)36-22-9-6-19(7-10-22)18-45(42,43)44/h6-11,14-17H,4-5,12-13,18H2,1-3H3,(H,33,41)(H2,42,43,44)(H2,34,36,37,38). The third-order valence-corrected chi connectivity index (χ3v) is 7.72. The van der Waals surface area contributed by atoms with E-state index in [0.717, 1.165) is 25.2 Å². The Morgan fingerprint density at radius 3 is 2.36 bits per heavy atom. The number of nitrogens with one attached hydrogen (secondary N) is 3. The monoisotopic (exact) mass is 646 g/mol. The highest BCUT2D eigenvalue weighted by atomic mass is 31.2. The van der Waals surface area contributed by atoms with Crippen molar-refractivity contribution in [1.29, 1.82) is 0 Å². The van der Waals surface area contributed by atoms with E-state index in [-0.39, 0.29) is 17.2 Å². The van der Waals surface area contributed by atoms with Crippen LogP contribution in [0.15, 0.2) is 61.1 Å². The van der Waals surface area contributed by atoms with Crippen LogP contribution in [-0.2, 0) is 23.4 Å². The lowest BCUT2D eigenvalue weighted by atomic mass is 10.0. The van der Waals surface area contributed by atoms with Gasteiger partial charge in [-0.3, -0.25) is 14.0 Å². The van der Waals surface area contributed by atoms with E-state index in [4.69, 9.17) is 9.79 Å². The van der Waals surface area contributed by atoms with Gasteiger partial charge in [0.05, 0.1) is 30.2 Å². The second-order valence-corrected chi connectivity index (χ2v) is 11.7. The Bertz CT molecular complexity index is 1670. The van der Waals surface area contributed by atoms with Gasteiger partial charge in [-0.25, -0.2) is 4.98 Å². The van der Waals surface area contributed by atoms with Gasteiger partial charge in [0.2, 0.25) is 5.95 Å². The first-order valence-corrected chi connectivity index (χ1v) is 15.8. The summed E-state index contributed by atoms with van der Waals surface area (Å²) in [5.41, 5.74) is 1.17. The Balaban J connectivity index is 1.62.